The van der Waals surface area contributed by atoms with Crippen molar-refractivity contribution in [1.29, 1.82) is 0 Å². The molecule has 0 bridgehead atoms. The number of imidazole rings is 1. The molecule has 0 aromatic carbocycles. The predicted octanol–water partition coefficient (Wildman–Crippen LogP) is 0.875. The SMILES string of the molecule is O=C(CCn1ccnc1)N1CCC2(CCNCC2)C1. The summed E-state index contributed by atoms with van der Waals surface area (Å²) < 4.78 is 1.97. The van der Waals surface area contributed by atoms with Crippen molar-refractivity contribution in [3.8, 4) is 0 Å². The highest BCUT2D eigenvalue weighted by molar-refractivity contribution is 5.76. The minimum absolute atomic E-state index is 0.295. The maximum absolute atomic E-state index is 12.2. The van der Waals surface area contributed by atoms with Crippen molar-refractivity contribution >= 4 is 5.91 Å². The number of aryl methyl sites for hydroxylation is 1. The highest BCUT2D eigenvalue weighted by Crippen LogP contribution is 2.38. The van der Waals surface area contributed by atoms with E-state index in [0.29, 0.717) is 17.7 Å². The van der Waals surface area contributed by atoms with E-state index in [4.69, 9.17) is 0 Å². The first-order valence-electron chi connectivity index (χ1n) is 7.22. The summed E-state index contributed by atoms with van der Waals surface area (Å²) in [5.74, 6) is 0.295. The number of carbonyl (C=O) groups is 1. The van der Waals surface area contributed by atoms with Gasteiger partial charge in [0.2, 0.25) is 5.91 Å². The van der Waals surface area contributed by atoms with Crippen LogP contribution in [0, 0.1) is 5.41 Å². The molecule has 2 aliphatic rings. The van der Waals surface area contributed by atoms with Crippen LogP contribution in [0.1, 0.15) is 25.7 Å². The van der Waals surface area contributed by atoms with Gasteiger partial charge in [0, 0.05) is 38.4 Å². The van der Waals surface area contributed by atoms with E-state index in [1.54, 1.807) is 12.5 Å². The molecule has 19 heavy (non-hydrogen) atoms. The Labute approximate surface area is 114 Å². The molecule has 0 aliphatic carbocycles. The molecule has 3 heterocycles. The van der Waals surface area contributed by atoms with Crippen LogP contribution in [0.3, 0.4) is 0 Å². The Bertz CT molecular complexity index is 423. The Morgan fingerprint density at radius 2 is 2.16 bits per heavy atom. The monoisotopic (exact) mass is 262 g/mol. The van der Waals surface area contributed by atoms with Gasteiger partial charge in [-0.1, -0.05) is 0 Å². The molecular formula is C14H22N4O. The number of amides is 1. The number of rotatable bonds is 3. The molecule has 2 saturated heterocycles. The lowest BCUT2D eigenvalue weighted by molar-refractivity contribution is -0.130. The number of piperidine rings is 1. The van der Waals surface area contributed by atoms with E-state index >= 15 is 0 Å². The number of carbonyl (C=O) groups excluding carboxylic acids is 1. The minimum atomic E-state index is 0.295. The molecule has 5 nitrogen and oxygen atoms in total. The van der Waals surface area contributed by atoms with Gasteiger partial charge in [-0.15, -0.1) is 0 Å². The van der Waals surface area contributed by atoms with E-state index < -0.39 is 0 Å². The first-order chi connectivity index (χ1) is 9.27. The fourth-order valence-electron chi connectivity index (χ4n) is 3.32. The number of hydrogen-bond donors (Lipinski definition) is 1. The zero-order valence-corrected chi connectivity index (χ0v) is 11.3. The molecule has 1 spiro atoms. The molecular weight excluding hydrogens is 240 g/mol. The lowest BCUT2D eigenvalue weighted by Gasteiger charge is -2.33. The average Bonchev–Trinajstić information content (AvgIpc) is 3.07. The van der Waals surface area contributed by atoms with Crippen molar-refractivity contribution in [2.75, 3.05) is 26.2 Å². The summed E-state index contributed by atoms with van der Waals surface area (Å²) in [5.41, 5.74) is 0.413. The van der Waals surface area contributed by atoms with Crippen LogP contribution >= 0.6 is 0 Å². The summed E-state index contributed by atoms with van der Waals surface area (Å²) in [6.07, 6.45) is 9.65. The summed E-state index contributed by atoms with van der Waals surface area (Å²) in [7, 11) is 0. The van der Waals surface area contributed by atoms with Crippen molar-refractivity contribution in [2.45, 2.75) is 32.2 Å². The normalized spacial score (nSPS) is 22.0. The van der Waals surface area contributed by atoms with E-state index in [1.165, 1.54) is 19.3 Å². The lowest BCUT2D eigenvalue weighted by atomic mass is 9.78. The molecule has 3 rings (SSSR count). The maximum atomic E-state index is 12.2. The number of nitrogens with zero attached hydrogens (tertiary/aromatic N) is 3. The van der Waals surface area contributed by atoms with Crippen LogP contribution in [0.2, 0.25) is 0 Å². The second kappa shape index (κ2) is 5.33. The molecule has 0 atom stereocenters. The second-order valence-corrected chi connectivity index (χ2v) is 5.87. The molecule has 2 aliphatic heterocycles. The van der Waals surface area contributed by atoms with Crippen LogP contribution in [0.5, 0.6) is 0 Å². The number of likely N-dealkylation sites (tertiary alicyclic amines) is 1. The molecule has 1 N–H and O–H groups in total. The predicted molar refractivity (Wildman–Crippen MR) is 72.6 cm³/mol. The zero-order valence-electron chi connectivity index (χ0n) is 11.3. The maximum Gasteiger partial charge on any atom is 0.224 e. The molecule has 5 heteroatoms. The number of hydrogen-bond acceptors (Lipinski definition) is 3. The van der Waals surface area contributed by atoms with Gasteiger partial charge in [0.15, 0.2) is 0 Å². The lowest BCUT2D eigenvalue weighted by Crippen LogP contribution is -2.39. The first kappa shape index (κ1) is 12.7. The third kappa shape index (κ3) is 2.81. The largest absolute Gasteiger partial charge is 0.342 e. The summed E-state index contributed by atoms with van der Waals surface area (Å²) in [6, 6.07) is 0. The van der Waals surface area contributed by atoms with Gasteiger partial charge in [-0.05, 0) is 37.8 Å². The molecule has 1 amide bonds. The van der Waals surface area contributed by atoms with Crippen LogP contribution in [-0.2, 0) is 11.3 Å². The fraction of sp³-hybridized carbons (Fsp3) is 0.714. The molecule has 104 valence electrons. The van der Waals surface area contributed by atoms with Gasteiger partial charge in [0.1, 0.15) is 0 Å². The Morgan fingerprint density at radius 1 is 1.32 bits per heavy atom. The Morgan fingerprint density at radius 3 is 2.89 bits per heavy atom. The fourth-order valence-corrected chi connectivity index (χ4v) is 3.32. The minimum Gasteiger partial charge on any atom is -0.342 e. The molecule has 1 aromatic heterocycles. The Balaban J connectivity index is 1.51. The van der Waals surface area contributed by atoms with Crippen LogP contribution < -0.4 is 5.32 Å². The van der Waals surface area contributed by atoms with E-state index in [9.17, 15) is 4.79 Å². The van der Waals surface area contributed by atoms with Gasteiger partial charge in [-0.3, -0.25) is 4.79 Å². The number of aromatic nitrogens is 2. The van der Waals surface area contributed by atoms with E-state index in [0.717, 1.165) is 32.7 Å². The summed E-state index contributed by atoms with van der Waals surface area (Å²) >= 11 is 0. The summed E-state index contributed by atoms with van der Waals surface area (Å²) in [5, 5.41) is 3.41. The van der Waals surface area contributed by atoms with Gasteiger partial charge < -0.3 is 14.8 Å². The third-order valence-corrected chi connectivity index (χ3v) is 4.60. The summed E-state index contributed by atoms with van der Waals surface area (Å²) in [6.45, 7) is 4.87. The average molecular weight is 262 g/mol. The van der Waals surface area contributed by atoms with Crippen molar-refractivity contribution in [3.05, 3.63) is 18.7 Å². The van der Waals surface area contributed by atoms with Crippen molar-refractivity contribution < 1.29 is 4.79 Å². The van der Waals surface area contributed by atoms with E-state index in [1.807, 2.05) is 10.8 Å². The molecule has 2 fully saturated rings. The van der Waals surface area contributed by atoms with Crippen LogP contribution in [0.4, 0.5) is 0 Å². The quantitative estimate of drug-likeness (QED) is 0.879. The smallest absolute Gasteiger partial charge is 0.224 e. The Hall–Kier alpha value is -1.36. The molecule has 0 unspecified atom stereocenters. The topological polar surface area (TPSA) is 50.2 Å². The van der Waals surface area contributed by atoms with Crippen LogP contribution in [-0.4, -0.2) is 46.5 Å². The highest BCUT2D eigenvalue weighted by Gasteiger charge is 2.40. The zero-order chi connectivity index (χ0) is 13.1. The molecule has 0 saturated carbocycles. The van der Waals surface area contributed by atoms with Crippen LogP contribution in [0.25, 0.3) is 0 Å². The van der Waals surface area contributed by atoms with E-state index in [-0.39, 0.29) is 0 Å². The van der Waals surface area contributed by atoms with E-state index in [2.05, 4.69) is 15.2 Å². The molecule has 1 aromatic rings. The molecule has 0 radical (unpaired) electrons. The van der Waals surface area contributed by atoms with Crippen molar-refractivity contribution in [1.82, 2.24) is 19.8 Å². The Kier molecular flexibility index (Phi) is 3.55. The van der Waals surface area contributed by atoms with Gasteiger partial charge in [0.05, 0.1) is 6.33 Å². The van der Waals surface area contributed by atoms with Crippen molar-refractivity contribution in [2.24, 2.45) is 5.41 Å². The van der Waals surface area contributed by atoms with Gasteiger partial charge in [-0.25, -0.2) is 4.98 Å². The van der Waals surface area contributed by atoms with Crippen LogP contribution in [0.15, 0.2) is 18.7 Å². The summed E-state index contributed by atoms with van der Waals surface area (Å²) in [4.78, 5) is 18.3. The standard InChI is InChI=1S/C14H22N4O/c19-13(1-8-17-10-7-16-12-17)18-9-4-14(11-18)2-5-15-6-3-14/h7,10,12,15H,1-6,8-9,11H2. The van der Waals surface area contributed by atoms with Gasteiger partial charge in [0.25, 0.3) is 0 Å². The van der Waals surface area contributed by atoms with Crippen molar-refractivity contribution in [3.63, 3.8) is 0 Å². The first-order valence-corrected chi connectivity index (χ1v) is 7.22. The third-order valence-electron chi connectivity index (χ3n) is 4.60. The van der Waals surface area contributed by atoms with Gasteiger partial charge in [-0.2, -0.15) is 0 Å². The van der Waals surface area contributed by atoms with Gasteiger partial charge >= 0.3 is 0 Å². The second-order valence-electron chi connectivity index (χ2n) is 5.87. The number of nitrogens with one attached hydrogen (secondary N) is 1. The highest BCUT2D eigenvalue weighted by atomic mass is 16.2.